The van der Waals surface area contributed by atoms with Crippen LogP contribution in [0.4, 0.5) is 5.69 Å². The van der Waals surface area contributed by atoms with E-state index in [9.17, 15) is 4.79 Å². The van der Waals surface area contributed by atoms with Crippen molar-refractivity contribution in [1.82, 2.24) is 0 Å². The molecule has 1 aliphatic rings. The van der Waals surface area contributed by atoms with Crippen molar-refractivity contribution in [3.05, 3.63) is 58.1 Å². The van der Waals surface area contributed by atoms with Gasteiger partial charge in [-0.05, 0) is 46.6 Å². The van der Waals surface area contributed by atoms with Gasteiger partial charge in [-0.2, -0.15) is 0 Å². The van der Waals surface area contributed by atoms with Crippen molar-refractivity contribution in [2.24, 2.45) is 0 Å². The molecule has 0 aliphatic carbocycles. The molecule has 0 saturated heterocycles. The summed E-state index contributed by atoms with van der Waals surface area (Å²) in [7, 11) is 0. The molecular weight excluding hydrogens is 334 g/mol. The van der Waals surface area contributed by atoms with Crippen molar-refractivity contribution < 1.29 is 4.79 Å². The Balaban J connectivity index is 2.02. The van der Waals surface area contributed by atoms with Gasteiger partial charge in [0.15, 0.2) is 0 Å². The molecule has 2 aromatic carbocycles. The largest absolute Gasteiger partial charge is 0.306 e. The van der Waals surface area contributed by atoms with Gasteiger partial charge in [-0.3, -0.25) is 4.79 Å². The number of hydrogen-bond acceptors (Lipinski definition) is 2. The highest BCUT2D eigenvalue weighted by atomic mass is 79.9. The molecule has 0 atom stereocenters. The highest BCUT2D eigenvalue weighted by Gasteiger charge is 2.25. The number of aryl methyl sites for hydroxylation is 1. The zero-order chi connectivity index (χ0) is 14.1. The van der Waals surface area contributed by atoms with E-state index in [2.05, 4.69) is 22.0 Å². The van der Waals surface area contributed by atoms with Crippen LogP contribution in [0.3, 0.4) is 0 Å². The number of benzene rings is 2. The quantitative estimate of drug-likeness (QED) is 0.756. The van der Waals surface area contributed by atoms with Crippen LogP contribution in [0.25, 0.3) is 0 Å². The molecule has 2 nitrogen and oxygen atoms in total. The Kier molecular flexibility index (Phi) is 3.85. The van der Waals surface area contributed by atoms with E-state index in [0.29, 0.717) is 0 Å². The molecule has 3 rings (SSSR count). The molecule has 20 heavy (non-hydrogen) atoms. The van der Waals surface area contributed by atoms with E-state index in [1.165, 1.54) is 4.90 Å². The highest BCUT2D eigenvalue weighted by Crippen LogP contribution is 2.36. The van der Waals surface area contributed by atoms with E-state index < -0.39 is 0 Å². The number of thioether (sulfide) groups is 1. The number of halogens is 1. The van der Waals surface area contributed by atoms with Crippen LogP contribution in [0.1, 0.15) is 15.9 Å². The third-order valence-corrected chi connectivity index (χ3v) is 5.49. The zero-order valence-corrected chi connectivity index (χ0v) is 13.5. The van der Waals surface area contributed by atoms with E-state index in [1.54, 1.807) is 11.8 Å². The van der Waals surface area contributed by atoms with Gasteiger partial charge in [0.2, 0.25) is 0 Å². The Hall–Kier alpha value is -1.26. The van der Waals surface area contributed by atoms with Crippen molar-refractivity contribution in [2.45, 2.75) is 11.8 Å². The van der Waals surface area contributed by atoms with Gasteiger partial charge in [0, 0.05) is 21.7 Å². The van der Waals surface area contributed by atoms with E-state index in [0.717, 1.165) is 33.6 Å². The van der Waals surface area contributed by atoms with Crippen LogP contribution in [0, 0.1) is 6.92 Å². The van der Waals surface area contributed by atoms with Gasteiger partial charge in [0.1, 0.15) is 0 Å². The fourth-order valence-corrected chi connectivity index (χ4v) is 3.77. The standard InChI is InChI=1S/C16H14BrNOS/c1-11-5-4-6-12(15(11)17)16(19)18-9-10-20-14-8-3-2-7-13(14)18/h2-8H,9-10H2,1H3. The maximum absolute atomic E-state index is 12.8. The fourth-order valence-electron chi connectivity index (χ4n) is 2.34. The number of rotatable bonds is 1. The molecule has 0 unspecified atom stereocenters. The first-order chi connectivity index (χ1) is 9.68. The maximum Gasteiger partial charge on any atom is 0.259 e. The Morgan fingerprint density at radius 1 is 1.20 bits per heavy atom. The summed E-state index contributed by atoms with van der Waals surface area (Å²) in [4.78, 5) is 15.9. The summed E-state index contributed by atoms with van der Waals surface area (Å²) in [5.74, 6) is 1.000. The number of fused-ring (bicyclic) bond motifs is 1. The van der Waals surface area contributed by atoms with Crippen molar-refractivity contribution >= 4 is 39.3 Å². The molecule has 2 aromatic rings. The molecule has 0 bridgehead atoms. The number of para-hydroxylation sites is 1. The molecule has 0 radical (unpaired) electrons. The van der Waals surface area contributed by atoms with Crippen LogP contribution in [0.2, 0.25) is 0 Å². The van der Waals surface area contributed by atoms with Gasteiger partial charge in [0.25, 0.3) is 5.91 Å². The minimum Gasteiger partial charge on any atom is -0.306 e. The Labute approximate surface area is 131 Å². The van der Waals surface area contributed by atoms with Gasteiger partial charge in [-0.15, -0.1) is 11.8 Å². The van der Waals surface area contributed by atoms with E-state index in [4.69, 9.17) is 0 Å². The van der Waals surface area contributed by atoms with Gasteiger partial charge >= 0.3 is 0 Å². The molecule has 0 spiro atoms. The van der Waals surface area contributed by atoms with Crippen LogP contribution in [-0.4, -0.2) is 18.2 Å². The molecule has 0 fully saturated rings. The van der Waals surface area contributed by atoms with Crippen LogP contribution < -0.4 is 4.90 Å². The number of carbonyl (C=O) groups is 1. The van der Waals surface area contributed by atoms with Crippen LogP contribution >= 0.6 is 27.7 Å². The molecule has 1 amide bonds. The number of amides is 1. The first-order valence-corrected chi connectivity index (χ1v) is 8.25. The smallest absolute Gasteiger partial charge is 0.259 e. The summed E-state index contributed by atoms with van der Waals surface area (Å²) in [6, 6.07) is 13.9. The van der Waals surface area contributed by atoms with Gasteiger partial charge in [0.05, 0.1) is 11.3 Å². The third-order valence-electron chi connectivity index (χ3n) is 3.40. The first kappa shape index (κ1) is 13.7. The normalized spacial score (nSPS) is 14.0. The first-order valence-electron chi connectivity index (χ1n) is 6.47. The Morgan fingerprint density at radius 3 is 2.85 bits per heavy atom. The lowest BCUT2D eigenvalue weighted by Gasteiger charge is -2.29. The second kappa shape index (κ2) is 5.62. The van der Waals surface area contributed by atoms with Gasteiger partial charge in [-0.1, -0.05) is 24.3 Å². The number of nitrogens with zero attached hydrogens (tertiary/aromatic N) is 1. The topological polar surface area (TPSA) is 20.3 Å². The lowest BCUT2D eigenvalue weighted by molar-refractivity contribution is 0.0987. The number of carbonyl (C=O) groups excluding carboxylic acids is 1. The molecule has 1 aliphatic heterocycles. The molecule has 102 valence electrons. The molecular formula is C16H14BrNOS. The second-order valence-electron chi connectivity index (χ2n) is 4.71. The third kappa shape index (κ3) is 2.38. The Morgan fingerprint density at radius 2 is 2.00 bits per heavy atom. The maximum atomic E-state index is 12.8. The van der Waals surface area contributed by atoms with Crippen molar-refractivity contribution in [3.63, 3.8) is 0 Å². The van der Waals surface area contributed by atoms with Gasteiger partial charge in [-0.25, -0.2) is 0 Å². The molecule has 0 saturated carbocycles. The molecule has 0 aromatic heterocycles. The second-order valence-corrected chi connectivity index (χ2v) is 6.64. The summed E-state index contributed by atoms with van der Waals surface area (Å²) < 4.78 is 0.890. The summed E-state index contributed by atoms with van der Waals surface area (Å²) in [6.07, 6.45) is 0. The van der Waals surface area contributed by atoms with Crippen LogP contribution in [0.5, 0.6) is 0 Å². The lowest BCUT2D eigenvalue weighted by Crippen LogP contribution is -2.35. The van der Waals surface area contributed by atoms with Crippen LogP contribution in [0.15, 0.2) is 51.8 Å². The predicted molar refractivity (Wildman–Crippen MR) is 87.7 cm³/mol. The zero-order valence-electron chi connectivity index (χ0n) is 11.1. The minimum atomic E-state index is 0.0633. The lowest BCUT2D eigenvalue weighted by atomic mass is 10.1. The molecule has 4 heteroatoms. The summed E-state index contributed by atoms with van der Waals surface area (Å²) in [5.41, 5.74) is 2.82. The summed E-state index contributed by atoms with van der Waals surface area (Å²) in [6.45, 7) is 2.75. The average Bonchev–Trinajstić information content (AvgIpc) is 2.49. The highest BCUT2D eigenvalue weighted by molar-refractivity contribution is 9.10. The van der Waals surface area contributed by atoms with Crippen LogP contribution in [-0.2, 0) is 0 Å². The minimum absolute atomic E-state index is 0.0633. The predicted octanol–water partition coefficient (Wildman–Crippen LogP) is 4.51. The van der Waals surface area contributed by atoms with E-state index >= 15 is 0 Å². The van der Waals surface area contributed by atoms with Crippen molar-refractivity contribution in [2.75, 3.05) is 17.2 Å². The average molecular weight is 348 g/mol. The van der Waals surface area contributed by atoms with Crippen molar-refractivity contribution in [1.29, 1.82) is 0 Å². The van der Waals surface area contributed by atoms with E-state index in [1.807, 2.05) is 48.2 Å². The molecule has 0 N–H and O–H groups in total. The molecule has 1 heterocycles. The van der Waals surface area contributed by atoms with Crippen molar-refractivity contribution in [3.8, 4) is 0 Å². The van der Waals surface area contributed by atoms with E-state index in [-0.39, 0.29) is 5.91 Å². The summed E-state index contributed by atoms with van der Waals surface area (Å²) in [5, 5.41) is 0. The SMILES string of the molecule is Cc1cccc(C(=O)N2CCSc3ccccc32)c1Br. The Bertz CT molecular complexity index is 671. The monoisotopic (exact) mass is 347 g/mol. The summed E-state index contributed by atoms with van der Waals surface area (Å²) >= 11 is 5.34. The number of hydrogen-bond donors (Lipinski definition) is 0. The fraction of sp³-hybridized carbons (Fsp3) is 0.188. The number of anilines is 1. The van der Waals surface area contributed by atoms with Gasteiger partial charge < -0.3 is 4.90 Å².